The predicted octanol–water partition coefficient (Wildman–Crippen LogP) is 4.11. The number of nitrogens with one attached hydrogen (secondary N) is 1. The number of benzene rings is 2. The van der Waals surface area contributed by atoms with Crippen molar-refractivity contribution in [1.82, 2.24) is 5.32 Å². The van der Waals surface area contributed by atoms with Crippen LogP contribution in [0.4, 0.5) is 0 Å². The van der Waals surface area contributed by atoms with Gasteiger partial charge in [-0.15, -0.1) is 0 Å². The van der Waals surface area contributed by atoms with E-state index in [1.54, 1.807) is 0 Å². The summed E-state index contributed by atoms with van der Waals surface area (Å²) >= 11 is 0. The number of aryl methyl sites for hydroxylation is 1. The van der Waals surface area contributed by atoms with Crippen molar-refractivity contribution in [1.29, 1.82) is 0 Å². The van der Waals surface area contributed by atoms with Gasteiger partial charge in [0.25, 0.3) is 0 Å². The van der Waals surface area contributed by atoms with E-state index >= 15 is 0 Å². The first-order valence-electron chi connectivity index (χ1n) is 7.28. The van der Waals surface area contributed by atoms with Crippen molar-refractivity contribution in [2.75, 3.05) is 13.2 Å². The van der Waals surface area contributed by atoms with Crippen molar-refractivity contribution in [2.24, 2.45) is 0 Å². The molecule has 0 saturated carbocycles. The van der Waals surface area contributed by atoms with E-state index in [0.717, 1.165) is 18.7 Å². The Balaban J connectivity index is 2.03. The lowest BCUT2D eigenvalue weighted by Gasteiger charge is -2.20. The molecule has 1 N–H and O–H groups in total. The second-order valence-corrected chi connectivity index (χ2v) is 4.99. The molecule has 2 nitrogen and oxygen atoms in total. The first-order valence-corrected chi connectivity index (χ1v) is 7.28. The van der Waals surface area contributed by atoms with Crippen molar-refractivity contribution >= 4 is 0 Å². The quantitative estimate of drug-likeness (QED) is 0.816. The highest BCUT2D eigenvalue weighted by Crippen LogP contribution is 2.19. The summed E-state index contributed by atoms with van der Waals surface area (Å²) in [5, 5.41) is 3.55. The predicted molar refractivity (Wildman–Crippen MR) is 84.2 cm³/mol. The summed E-state index contributed by atoms with van der Waals surface area (Å²) in [6, 6.07) is 18.9. The van der Waals surface area contributed by atoms with E-state index in [2.05, 4.69) is 49.5 Å². The lowest BCUT2D eigenvalue weighted by Crippen LogP contribution is -2.27. The maximum Gasteiger partial charge on any atom is 0.122 e. The normalized spacial score (nSPS) is 12.1. The van der Waals surface area contributed by atoms with E-state index in [1.165, 1.54) is 11.1 Å². The Hall–Kier alpha value is -1.80. The van der Waals surface area contributed by atoms with E-state index in [9.17, 15) is 0 Å². The summed E-state index contributed by atoms with van der Waals surface area (Å²) in [6.45, 7) is 5.90. The van der Waals surface area contributed by atoms with Crippen LogP contribution in [0.2, 0.25) is 0 Å². The molecule has 2 aromatic rings. The molecule has 0 amide bonds. The highest BCUT2D eigenvalue weighted by molar-refractivity contribution is 5.32. The summed E-state index contributed by atoms with van der Waals surface area (Å²) in [4.78, 5) is 0. The minimum atomic E-state index is 0.232. The van der Waals surface area contributed by atoms with Gasteiger partial charge >= 0.3 is 0 Å². The number of rotatable bonds is 7. The van der Waals surface area contributed by atoms with Gasteiger partial charge in [-0.05, 0) is 37.1 Å². The van der Waals surface area contributed by atoms with Crippen LogP contribution in [0.5, 0.6) is 5.75 Å². The standard InChI is InChI=1S/C18H23NO/c1-3-13-19-17(16-10-5-4-6-11-16)14-20-18-12-8-7-9-15(18)2/h4-12,17,19H,3,13-14H2,1-2H3. The summed E-state index contributed by atoms with van der Waals surface area (Å²) < 4.78 is 5.99. The molecule has 0 aliphatic heterocycles. The lowest BCUT2D eigenvalue weighted by atomic mass is 10.1. The fourth-order valence-electron chi connectivity index (χ4n) is 2.17. The van der Waals surface area contributed by atoms with Crippen molar-refractivity contribution in [2.45, 2.75) is 26.3 Å². The minimum Gasteiger partial charge on any atom is -0.491 e. The van der Waals surface area contributed by atoms with Gasteiger partial charge in [-0.3, -0.25) is 0 Å². The van der Waals surface area contributed by atoms with Crippen LogP contribution < -0.4 is 10.1 Å². The van der Waals surface area contributed by atoms with Crippen LogP contribution >= 0.6 is 0 Å². The first-order chi connectivity index (χ1) is 9.81. The molecule has 0 aliphatic carbocycles. The second kappa shape index (κ2) is 7.71. The van der Waals surface area contributed by atoms with Gasteiger partial charge < -0.3 is 10.1 Å². The third-order valence-corrected chi connectivity index (χ3v) is 3.34. The molecule has 0 spiro atoms. The average Bonchev–Trinajstić information content (AvgIpc) is 2.50. The van der Waals surface area contributed by atoms with Gasteiger partial charge in [-0.25, -0.2) is 0 Å². The fourth-order valence-corrected chi connectivity index (χ4v) is 2.17. The molecule has 2 heteroatoms. The van der Waals surface area contributed by atoms with Crippen LogP contribution in [0.15, 0.2) is 54.6 Å². The molecule has 106 valence electrons. The van der Waals surface area contributed by atoms with E-state index in [-0.39, 0.29) is 6.04 Å². The molecule has 1 unspecified atom stereocenters. The molecule has 0 fully saturated rings. The van der Waals surface area contributed by atoms with Crippen molar-refractivity contribution < 1.29 is 4.74 Å². The van der Waals surface area contributed by atoms with E-state index in [0.29, 0.717) is 6.61 Å². The zero-order valence-electron chi connectivity index (χ0n) is 12.3. The molecule has 2 aromatic carbocycles. The molecule has 0 bridgehead atoms. The van der Waals surface area contributed by atoms with Gasteiger partial charge in [0.1, 0.15) is 12.4 Å². The highest BCUT2D eigenvalue weighted by atomic mass is 16.5. The molecule has 0 aliphatic rings. The monoisotopic (exact) mass is 269 g/mol. The summed E-state index contributed by atoms with van der Waals surface area (Å²) in [6.07, 6.45) is 1.12. The van der Waals surface area contributed by atoms with Gasteiger partial charge in [-0.1, -0.05) is 55.5 Å². The molecule has 2 rings (SSSR count). The Kier molecular flexibility index (Phi) is 5.63. The zero-order chi connectivity index (χ0) is 14.2. The third-order valence-electron chi connectivity index (χ3n) is 3.34. The van der Waals surface area contributed by atoms with Gasteiger partial charge in [0.05, 0.1) is 6.04 Å². The van der Waals surface area contributed by atoms with Crippen molar-refractivity contribution in [3.05, 3.63) is 65.7 Å². The second-order valence-electron chi connectivity index (χ2n) is 4.99. The molecule has 0 heterocycles. The fraction of sp³-hybridized carbons (Fsp3) is 0.333. The zero-order valence-corrected chi connectivity index (χ0v) is 12.3. The molecule has 20 heavy (non-hydrogen) atoms. The summed E-state index contributed by atoms with van der Waals surface area (Å²) in [5.41, 5.74) is 2.45. The Morgan fingerprint density at radius 3 is 2.40 bits per heavy atom. The van der Waals surface area contributed by atoms with E-state index in [4.69, 9.17) is 4.74 Å². The molecule has 0 radical (unpaired) electrons. The number of hydrogen-bond donors (Lipinski definition) is 1. The van der Waals surface area contributed by atoms with Crippen LogP contribution in [0.25, 0.3) is 0 Å². The Bertz CT molecular complexity index is 510. The van der Waals surface area contributed by atoms with Crippen LogP contribution in [0.1, 0.15) is 30.5 Å². The smallest absolute Gasteiger partial charge is 0.122 e. The first kappa shape index (κ1) is 14.6. The van der Waals surface area contributed by atoms with Gasteiger partial charge in [0.15, 0.2) is 0 Å². The van der Waals surface area contributed by atoms with Gasteiger partial charge in [-0.2, -0.15) is 0 Å². The van der Waals surface area contributed by atoms with Crippen molar-refractivity contribution in [3.8, 4) is 5.75 Å². The number of ether oxygens (including phenoxy) is 1. The summed E-state index contributed by atoms with van der Waals surface area (Å²) in [7, 11) is 0. The van der Waals surface area contributed by atoms with Crippen LogP contribution in [-0.2, 0) is 0 Å². The minimum absolute atomic E-state index is 0.232. The van der Waals surface area contributed by atoms with Crippen LogP contribution in [0, 0.1) is 6.92 Å². The SMILES string of the molecule is CCCNC(COc1ccccc1C)c1ccccc1. The molecular formula is C18H23NO. The van der Waals surface area contributed by atoms with Crippen LogP contribution in [0.3, 0.4) is 0 Å². The number of hydrogen-bond acceptors (Lipinski definition) is 2. The lowest BCUT2D eigenvalue weighted by molar-refractivity contribution is 0.265. The topological polar surface area (TPSA) is 21.3 Å². The third kappa shape index (κ3) is 4.10. The maximum atomic E-state index is 5.99. The van der Waals surface area contributed by atoms with E-state index in [1.807, 2.05) is 24.3 Å². The molecule has 1 atom stereocenters. The Labute approximate surface area is 121 Å². The van der Waals surface area contributed by atoms with E-state index < -0.39 is 0 Å². The summed E-state index contributed by atoms with van der Waals surface area (Å²) in [5.74, 6) is 0.965. The van der Waals surface area contributed by atoms with Gasteiger partial charge in [0.2, 0.25) is 0 Å². The van der Waals surface area contributed by atoms with Crippen molar-refractivity contribution in [3.63, 3.8) is 0 Å². The highest BCUT2D eigenvalue weighted by Gasteiger charge is 2.11. The van der Waals surface area contributed by atoms with Gasteiger partial charge in [0, 0.05) is 0 Å². The van der Waals surface area contributed by atoms with Crippen LogP contribution in [-0.4, -0.2) is 13.2 Å². The molecule has 0 saturated heterocycles. The Morgan fingerprint density at radius 2 is 1.70 bits per heavy atom. The maximum absolute atomic E-state index is 5.99. The Morgan fingerprint density at radius 1 is 1.00 bits per heavy atom. The molecular weight excluding hydrogens is 246 g/mol. The molecule has 0 aromatic heterocycles. The number of para-hydroxylation sites is 1. The average molecular weight is 269 g/mol. The largest absolute Gasteiger partial charge is 0.491 e.